The van der Waals surface area contributed by atoms with Crippen LogP contribution in [0.1, 0.15) is 106 Å². The first-order chi connectivity index (χ1) is 25.5. The Kier molecular flexibility index (Phi) is 9.32. The quantitative estimate of drug-likeness (QED) is 0.297. The maximum atomic E-state index is 13.3. The van der Waals surface area contributed by atoms with Crippen molar-refractivity contribution < 1.29 is 50.5 Å². The number of alkyl halides is 3. The summed E-state index contributed by atoms with van der Waals surface area (Å²) in [5.41, 5.74) is -5.92. The van der Waals surface area contributed by atoms with Gasteiger partial charge >= 0.3 is 27.7 Å². The lowest BCUT2D eigenvalue weighted by Crippen LogP contribution is -2.60. The molecule has 2 amide bonds. The van der Waals surface area contributed by atoms with E-state index in [1.54, 1.807) is 9.62 Å². The maximum absolute atomic E-state index is 13.3. The molecule has 312 valence electrons. The lowest BCUT2D eigenvalue weighted by Gasteiger charge is -2.63. The number of carbonyl (C=O) groups excluding carboxylic acids is 2. The van der Waals surface area contributed by atoms with Crippen LogP contribution < -0.4 is 4.72 Å². The van der Waals surface area contributed by atoms with E-state index in [2.05, 4.69) is 48.5 Å². The van der Waals surface area contributed by atoms with Gasteiger partial charge in [-0.1, -0.05) is 48.5 Å². The highest BCUT2D eigenvalue weighted by atomic mass is 32.2. The third-order valence-electron chi connectivity index (χ3n) is 17.5. The number of amides is 2. The molecular formula is C40H62F3N3O8S. The van der Waals surface area contributed by atoms with Gasteiger partial charge in [0, 0.05) is 49.5 Å². The van der Waals surface area contributed by atoms with E-state index >= 15 is 0 Å². The number of nitrogens with zero attached hydrogens (tertiary/aromatic N) is 2. The van der Waals surface area contributed by atoms with Gasteiger partial charge in [0.15, 0.2) is 0 Å². The van der Waals surface area contributed by atoms with Crippen molar-refractivity contribution in [3.05, 3.63) is 0 Å². The summed E-state index contributed by atoms with van der Waals surface area (Å²) in [6.45, 7) is 17.0. The van der Waals surface area contributed by atoms with Gasteiger partial charge in [0.1, 0.15) is 12.2 Å². The van der Waals surface area contributed by atoms with Crippen LogP contribution in [-0.4, -0.2) is 104 Å². The molecule has 0 radical (unpaired) electrons. The number of ether oxygens (including phenoxy) is 3. The highest BCUT2D eigenvalue weighted by Gasteiger charge is 2.85. The number of halogens is 3. The van der Waals surface area contributed by atoms with Gasteiger partial charge in [-0.2, -0.15) is 13.2 Å². The van der Waals surface area contributed by atoms with E-state index in [9.17, 15) is 36.3 Å². The minimum atomic E-state index is -5.43. The molecule has 13 atom stereocenters. The van der Waals surface area contributed by atoms with Crippen molar-refractivity contribution >= 4 is 22.2 Å². The Labute approximate surface area is 324 Å². The smallest absolute Gasteiger partial charge is 0.446 e. The van der Waals surface area contributed by atoms with Crippen LogP contribution in [0.25, 0.3) is 0 Å². The van der Waals surface area contributed by atoms with E-state index < -0.39 is 33.6 Å². The van der Waals surface area contributed by atoms with Gasteiger partial charge in [0.2, 0.25) is 0 Å². The molecule has 0 aromatic carbocycles. The molecule has 8 fully saturated rings. The zero-order chi connectivity index (χ0) is 39.9. The molecule has 3 saturated heterocycles. The van der Waals surface area contributed by atoms with Crippen LogP contribution in [0.15, 0.2) is 0 Å². The second-order valence-electron chi connectivity index (χ2n) is 20.4. The van der Waals surface area contributed by atoms with Crippen molar-refractivity contribution in [2.75, 3.05) is 32.7 Å². The summed E-state index contributed by atoms with van der Waals surface area (Å²) in [6, 6.07) is 0. The molecule has 8 rings (SSSR count). The van der Waals surface area contributed by atoms with Crippen LogP contribution in [0.4, 0.5) is 22.8 Å². The Morgan fingerprint density at radius 3 is 2.24 bits per heavy atom. The number of rotatable bonds is 7. The van der Waals surface area contributed by atoms with Gasteiger partial charge in [0.25, 0.3) is 0 Å². The first-order valence-electron chi connectivity index (χ1n) is 20.8. The summed E-state index contributed by atoms with van der Waals surface area (Å²) < 4.78 is 81.9. The Balaban J connectivity index is 0.944. The van der Waals surface area contributed by atoms with E-state index in [1.807, 2.05) is 0 Å². The first-order valence-corrected chi connectivity index (χ1v) is 22.3. The average Bonchev–Trinajstić information content (AvgIpc) is 3.67. The van der Waals surface area contributed by atoms with Crippen LogP contribution in [0.2, 0.25) is 0 Å². The van der Waals surface area contributed by atoms with Crippen LogP contribution >= 0.6 is 0 Å². The standard InChI is InChI=1S/C40H62F3N3O8S/c1-22(2)30(54-33(48)45-15-8-16-45)25-17-23(3)29-31(52-25)32(47)37(7)27-10-9-26-35(4,5)28(11-12-38(26)21-39(27,38)14-13-36(29,37)6)53-34(49)46-19-24(20-46)18-44-55(50,51)40(41,42)43/h22-32,44,47H,8-21H2,1-7H3/t23-,25?,26+,27?,28+,29?,30-,31?,32+,36-,37-,38?,39?/m1/s1. The summed E-state index contributed by atoms with van der Waals surface area (Å²) in [5, 5.41) is 12.6. The van der Waals surface area contributed by atoms with Crippen molar-refractivity contribution in [1.82, 2.24) is 14.5 Å². The molecule has 3 heterocycles. The third-order valence-corrected chi connectivity index (χ3v) is 18.6. The van der Waals surface area contributed by atoms with E-state index in [0.717, 1.165) is 70.9 Å². The van der Waals surface area contributed by atoms with E-state index in [-0.39, 0.29) is 89.1 Å². The summed E-state index contributed by atoms with van der Waals surface area (Å²) in [4.78, 5) is 29.4. The highest BCUT2D eigenvalue weighted by molar-refractivity contribution is 7.90. The van der Waals surface area contributed by atoms with Gasteiger partial charge in [-0.3, -0.25) is 0 Å². The lowest BCUT2D eigenvalue weighted by molar-refractivity contribution is -0.186. The molecule has 2 spiro atoms. The molecule has 5 aliphatic carbocycles. The predicted octanol–water partition coefficient (Wildman–Crippen LogP) is 6.54. The average molecular weight is 802 g/mol. The molecule has 3 aliphatic heterocycles. The van der Waals surface area contributed by atoms with E-state index in [1.165, 1.54) is 4.90 Å². The molecule has 11 nitrogen and oxygen atoms in total. The Morgan fingerprint density at radius 2 is 1.62 bits per heavy atom. The molecule has 0 aromatic rings. The second-order valence-corrected chi connectivity index (χ2v) is 22.2. The second kappa shape index (κ2) is 12.8. The Hall–Kier alpha value is -1.84. The molecule has 6 unspecified atom stereocenters. The monoisotopic (exact) mass is 801 g/mol. The van der Waals surface area contributed by atoms with Crippen LogP contribution in [0, 0.1) is 62.6 Å². The summed E-state index contributed by atoms with van der Waals surface area (Å²) in [6.07, 6.45) is 5.99. The minimum absolute atomic E-state index is 0.0755. The molecular weight excluding hydrogens is 740 g/mol. The molecule has 0 bridgehead atoms. The third kappa shape index (κ3) is 5.59. The number of aliphatic hydroxyl groups is 1. The fraction of sp³-hybridized carbons (Fsp3) is 0.950. The Morgan fingerprint density at radius 1 is 0.964 bits per heavy atom. The highest BCUT2D eigenvalue weighted by Crippen LogP contribution is 2.89. The largest absolute Gasteiger partial charge is 0.511 e. The van der Waals surface area contributed by atoms with Crippen LogP contribution in [0.3, 0.4) is 0 Å². The summed E-state index contributed by atoms with van der Waals surface area (Å²) in [7, 11) is -5.43. The fourth-order valence-electron chi connectivity index (χ4n) is 14.4. The molecule has 55 heavy (non-hydrogen) atoms. The van der Waals surface area contributed by atoms with Gasteiger partial charge < -0.3 is 29.1 Å². The number of hydrogen-bond acceptors (Lipinski definition) is 8. The maximum Gasteiger partial charge on any atom is 0.511 e. The van der Waals surface area contributed by atoms with Crippen molar-refractivity contribution in [3.63, 3.8) is 0 Å². The topological polar surface area (TPSA) is 135 Å². The SMILES string of the molecule is CC(C)[C@@H](OC(=O)N1CCC1)C1C[C@@H](C)C2C(O1)[C@H](O)[C@@]1(C)C3CC[C@H]4C(C)(C)[C@@H](OC(=O)N5CC(CNS(=O)(=O)C(F)(F)F)C5)CCC45CC35CC[C@]21C. The normalized spacial score (nSPS) is 45.2. The summed E-state index contributed by atoms with van der Waals surface area (Å²) >= 11 is 0. The number of nitrogens with one attached hydrogen (secondary N) is 1. The number of fused-ring (bicyclic) bond motifs is 4. The van der Waals surface area contributed by atoms with Crippen molar-refractivity contribution in [2.24, 2.45) is 62.6 Å². The number of likely N-dealkylation sites (tertiary alicyclic amines) is 2. The molecule has 2 N–H and O–H groups in total. The predicted molar refractivity (Wildman–Crippen MR) is 196 cm³/mol. The van der Waals surface area contributed by atoms with Crippen molar-refractivity contribution in [2.45, 2.75) is 142 Å². The molecule has 15 heteroatoms. The number of aliphatic hydroxyl groups excluding tert-OH is 1. The zero-order valence-electron chi connectivity index (χ0n) is 33.5. The zero-order valence-corrected chi connectivity index (χ0v) is 34.3. The number of sulfonamides is 1. The van der Waals surface area contributed by atoms with Gasteiger partial charge in [0.05, 0.1) is 18.3 Å². The van der Waals surface area contributed by atoms with Crippen molar-refractivity contribution in [3.8, 4) is 0 Å². The summed E-state index contributed by atoms with van der Waals surface area (Å²) in [5.74, 6) is 0.826. The van der Waals surface area contributed by atoms with Crippen LogP contribution in [-0.2, 0) is 24.2 Å². The van der Waals surface area contributed by atoms with E-state index in [4.69, 9.17) is 14.2 Å². The van der Waals surface area contributed by atoms with Gasteiger partial charge in [-0.15, -0.1) is 0 Å². The number of hydrogen-bond donors (Lipinski definition) is 2. The Bertz CT molecular complexity index is 1670. The molecule has 8 aliphatic rings. The van der Waals surface area contributed by atoms with Gasteiger partial charge in [-0.25, -0.2) is 22.7 Å². The first kappa shape index (κ1) is 40.0. The lowest BCUT2D eigenvalue weighted by atomic mass is 9.41. The minimum Gasteiger partial charge on any atom is -0.446 e. The molecule has 0 aromatic heterocycles. The van der Waals surface area contributed by atoms with Crippen molar-refractivity contribution in [1.29, 1.82) is 0 Å². The number of carbonyl (C=O) groups is 2. The van der Waals surface area contributed by atoms with Gasteiger partial charge in [-0.05, 0) is 104 Å². The van der Waals surface area contributed by atoms with E-state index in [0.29, 0.717) is 17.8 Å². The fourth-order valence-corrected chi connectivity index (χ4v) is 15.0. The van der Waals surface area contributed by atoms with Crippen LogP contribution in [0.5, 0.6) is 0 Å². The molecule has 5 saturated carbocycles.